The summed E-state index contributed by atoms with van der Waals surface area (Å²) < 4.78 is 49.5. The van der Waals surface area contributed by atoms with Crippen LogP contribution >= 0.6 is 15.9 Å². The molecule has 94 valence electrons. The number of hydrogen-bond donors (Lipinski definition) is 1. The number of carbonyl (C=O) groups is 1. The van der Waals surface area contributed by atoms with E-state index in [1.807, 2.05) is 0 Å². The van der Waals surface area contributed by atoms with Gasteiger partial charge in [0.05, 0.1) is 5.69 Å². The zero-order valence-corrected chi connectivity index (χ0v) is 10.2. The van der Waals surface area contributed by atoms with Crippen molar-refractivity contribution in [3.8, 4) is 0 Å². The molecule has 0 bridgehead atoms. The molecule has 0 saturated heterocycles. The van der Waals surface area contributed by atoms with E-state index < -0.39 is 18.3 Å². The Labute approximate surface area is 103 Å². The summed E-state index contributed by atoms with van der Waals surface area (Å²) in [4.78, 5) is 11.0. The van der Waals surface area contributed by atoms with Gasteiger partial charge < -0.3 is 5.32 Å². The lowest BCUT2D eigenvalue weighted by Crippen LogP contribution is -2.41. The minimum absolute atomic E-state index is 0.0234. The van der Waals surface area contributed by atoms with Crippen molar-refractivity contribution < 1.29 is 22.4 Å². The van der Waals surface area contributed by atoms with Crippen molar-refractivity contribution in [2.24, 2.45) is 0 Å². The van der Waals surface area contributed by atoms with E-state index in [2.05, 4.69) is 15.9 Å². The highest BCUT2D eigenvalue weighted by Crippen LogP contribution is 2.28. The van der Waals surface area contributed by atoms with Gasteiger partial charge in [0.2, 0.25) is 0 Å². The lowest BCUT2D eigenvalue weighted by atomic mass is 10.2. The Bertz CT molecular complexity index is 436. The Morgan fingerprint density at radius 1 is 1.41 bits per heavy atom. The van der Waals surface area contributed by atoms with Gasteiger partial charge in [0.25, 0.3) is 0 Å². The Hall–Kier alpha value is -1.11. The lowest BCUT2D eigenvalue weighted by Gasteiger charge is -2.15. The maximum absolute atomic E-state index is 12.7. The highest BCUT2D eigenvalue weighted by molar-refractivity contribution is 9.10. The molecule has 1 aromatic carbocycles. The molecule has 0 spiro atoms. The van der Waals surface area contributed by atoms with Crippen molar-refractivity contribution in [2.75, 3.05) is 5.32 Å². The van der Waals surface area contributed by atoms with Gasteiger partial charge in [0.15, 0.2) is 0 Å². The number of halogens is 5. The number of carbonyl (C=O) groups excluding carboxylic acids is 1. The topological polar surface area (TPSA) is 29.1 Å². The van der Waals surface area contributed by atoms with Crippen molar-refractivity contribution in [3.63, 3.8) is 0 Å². The molecule has 0 fully saturated rings. The highest BCUT2D eigenvalue weighted by atomic mass is 79.9. The molecule has 0 aromatic heterocycles. The molecular weight excluding hydrogens is 306 g/mol. The smallest absolute Gasteiger partial charge is 0.320 e. The molecule has 0 radical (unpaired) electrons. The first-order chi connectivity index (χ1) is 7.75. The highest BCUT2D eigenvalue weighted by Gasteiger charge is 2.49. The predicted molar refractivity (Wildman–Crippen MR) is 58.5 cm³/mol. The molecule has 0 unspecified atom stereocenters. The number of nitrogens with one attached hydrogen (secondary N) is 1. The number of hydrogen-bond acceptors (Lipinski definition) is 1. The third-order valence-corrected chi connectivity index (χ3v) is 2.64. The van der Waals surface area contributed by atoms with Crippen LogP contribution < -0.4 is 5.32 Å². The van der Waals surface area contributed by atoms with Crippen molar-refractivity contribution in [1.82, 2.24) is 0 Å². The summed E-state index contributed by atoms with van der Waals surface area (Å²) >= 11 is 3.02. The fourth-order valence-electron chi connectivity index (χ4n) is 1.04. The summed E-state index contributed by atoms with van der Waals surface area (Å²) in [7, 11) is 0. The zero-order valence-electron chi connectivity index (χ0n) is 8.61. The van der Waals surface area contributed by atoms with Crippen LogP contribution in [0.15, 0.2) is 22.7 Å². The van der Waals surface area contributed by atoms with Crippen molar-refractivity contribution in [3.05, 3.63) is 28.2 Å². The molecule has 17 heavy (non-hydrogen) atoms. The standard InChI is InChI=1S/C10H8BrF4NO/c1-5-2-3-6(11)7(4-5)16-9(17)10(14,15)8(12)13/h2-4,8H,1H3,(H,16,17). The van der Waals surface area contributed by atoms with Crippen LogP contribution in [-0.2, 0) is 4.79 Å². The molecule has 0 atom stereocenters. The summed E-state index contributed by atoms with van der Waals surface area (Å²) in [6.45, 7) is 1.67. The summed E-state index contributed by atoms with van der Waals surface area (Å²) in [5.41, 5.74) is 0.721. The number of anilines is 1. The fraction of sp³-hybridized carbons (Fsp3) is 0.300. The van der Waals surface area contributed by atoms with Crippen molar-refractivity contribution in [2.45, 2.75) is 19.3 Å². The van der Waals surface area contributed by atoms with E-state index in [4.69, 9.17) is 0 Å². The molecule has 1 rings (SSSR count). The lowest BCUT2D eigenvalue weighted by molar-refractivity contribution is -0.163. The SMILES string of the molecule is Cc1ccc(Br)c(NC(=O)C(F)(F)C(F)F)c1. The van der Waals surface area contributed by atoms with E-state index in [1.54, 1.807) is 18.3 Å². The third kappa shape index (κ3) is 3.18. The maximum Gasteiger partial charge on any atom is 0.383 e. The minimum atomic E-state index is -4.71. The average Bonchev–Trinajstić information content (AvgIpc) is 2.23. The largest absolute Gasteiger partial charge is 0.383 e. The summed E-state index contributed by atoms with van der Waals surface area (Å²) in [5, 5.41) is 1.76. The maximum atomic E-state index is 12.7. The quantitative estimate of drug-likeness (QED) is 0.849. The first kappa shape index (κ1) is 14.0. The van der Waals surface area contributed by atoms with Gasteiger partial charge in [-0.05, 0) is 40.5 Å². The summed E-state index contributed by atoms with van der Waals surface area (Å²) in [6, 6.07) is 4.58. The second-order valence-corrected chi connectivity index (χ2v) is 4.22. The van der Waals surface area contributed by atoms with Crippen LogP contribution in [0.2, 0.25) is 0 Å². The first-order valence-electron chi connectivity index (χ1n) is 4.48. The van der Waals surface area contributed by atoms with Gasteiger partial charge >= 0.3 is 18.3 Å². The fourth-order valence-corrected chi connectivity index (χ4v) is 1.39. The van der Waals surface area contributed by atoms with Gasteiger partial charge in [-0.15, -0.1) is 0 Å². The minimum Gasteiger partial charge on any atom is -0.320 e. The van der Waals surface area contributed by atoms with E-state index in [1.165, 1.54) is 12.1 Å². The first-order valence-corrected chi connectivity index (χ1v) is 5.28. The van der Waals surface area contributed by atoms with Gasteiger partial charge in [-0.2, -0.15) is 8.78 Å². The van der Waals surface area contributed by atoms with Gasteiger partial charge in [0, 0.05) is 4.47 Å². The van der Waals surface area contributed by atoms with Crippen LogP contribution in [0.4, 0.5) is 23.2 Å². The molecule has 7 heteroatoms. The van der Waals surface area contributed by atoms with E-state index in [0.717, 1.165) is 0 Å². The molecular formula is C10H8BrF4NO. The van der Waals surface area contributed by atoms with Crippen LogP contribution in [0.25, 0.3) is 0 Å². The van der Waals surface area contributed by atoms with Gasteiger partial charge in [0.1, 0.15) is 0 Å². The molecule has 0 aliphatic rings. The Morgan fingerprint density at radius 3 is 2.53 bits per heavy atom. The van der Waals surface area contributed by atoms with Gasteiger partial charge in [-0.3, -0.25) is 4.79 Å². The Morgan fingerprint density at radius 2 is 2.00 bits per heavy atom. The molecule has 0 aliphatic heterocycles. The van der Waals surface area contributed by atoms with E-state index in [-0.39, 0.29) is 5.69 Å². The van der Waals surface area contributed by atoms with Crippen LogP contribution in [-0.4, -0.2) is 18.3 Å². The number of alkyl halides is 4. The monoisotopic (exact) mass is 313 g/mol. The van der Waals surface area contributed by atoms with Crippen LogP contribution in [0.3, 0.4) is 0 Å². The summed E-state index contributed by atoms with van der Waals surface area (Å²) in [5.74, 6) is -6.73. The van der Waals surface area contributed by atoms with E-state index >= 15 is 0 Å². The van der Waals surface area contributed by atoms with Crippen molar-refractivity contribution >= 4 is 27.5 Å². The molecule has 1 N–H and O–H groups in total. The molecule has 0 saturated carbocycles. The molecule has 1 aromatic rings. The average molecular weight is 314 g/mol. The molecule has 1 amide bonds. The molecule has 0 aliphatic carbocycles. The molecule has 2 nitrogen and oxygen atoms in total. The third-order valence-electron chi connectivity index (χ3n) is 1.95. The van der Waals surface area contributed by atoms with Crippen LogP contribution in [0.1, 0.15) is 5.56 Å². The van der Waals surface area contributed by atoms with E-state index in [0.29, 0.717) is 10.0 Å². The normalized spacial score (nSPS) is 11.7. The number of rotatable bonds is 3. The van der Waals surface area contributed by atoms with Crippen LogP contribution in [0.5, 0.6) is 0 Å². The Balaban J connectivity index is 2.92. The van der Waals surface area contributed by atoms with Crippen molar-refractivity contribution in [1.29, 1.82) is 0 Å². The second kappa shape index (κ2) is 5.03. The number of benzene rings is 1. The summed E-state index contributed by atoms with van der Waals surface area (Å²) in [6.07, 6.45) is -4.04. The Kier molecular flexibility index (Phi) is 4.13. The molecule has 0 heterocycles. The number of aryl methyl sites for hydroxylation is 1. The van der Waals surface area contributed by atoms with Gasteiger partial charge in [-0.1, -0.05) is 6.07 Å². The zero-order chi connectivity index (χ0) is 13.2. The number of amides is 1. The second-order valence-electron chi connectivity index (χ2n) is 3.36. The van der Waals surface area contributed by atoms with Gasteiger partial charge in [-0.25, -0.2) is 8.78 Å². The van der Waals surface area contributed by atoms with Crippen LogP contribution in [0, 0.1) is 6.92 Å². The predicted octanol–water partition coefficient (Wildman–Crippen LogP) is 3.60. The van der Waals surface area contributed by atoms with E-state index in [9.17, 15) is 22.4 Å².